The normalized spacial score (nSPS) is 23.8. The molecule has 0 radical (unpaired) electrons. The molecular formula is C12H23N4+. The molecule has 0 unspecified atom stereocenters. The van der Waals surface area contributed by atoms with Crippen LogP contribution >= 0.6 is 0 Å². The Balaban J connectivity index is 1.99. The molecule has 2 aliphatic rings. The fraction of sp³-hybridized carbons (Fsp3) is 1.00. The van der Waals surface area contributed by atoms with Gasteiger partial charge < -0.3 is 0 Å². The van der Waals surface area contributed by atoms with Gasteiger partial charge in [-0.15, -0.1) is 5.01 Å². The molecule has 0 aromatic heterocycles. The van der Waals surface area contributed by atoms with Crippen molar-refractivity contribution in [2.75, 3.05) is 0 Å². The van der Waals surface area contributed by atoms with Gasteiger partial charge in [-0.05, 0) is 56.9 Å². The first-order chi connectivity index (χ1) is 7.92. The highest BCUT2D eigenvalue weighted by Crippen LogP contribution is 2.29. The van der Waals surface area contributed by atoms with Crippen molar-refractivity contribution in [1.82, 2.24) is 9.92 Å². The molecule has 1 N–H and O–H groups in total. The van der Waals surface area contributed by atoms with Gasteiger partial charge in [-0.25, -0.2) is 0 Å². The van der Waals surface area contributed by atoms with E-state index >= 15 is 0 Å². The number of nitrogens with one attached hydrogen (secondary N) is 1. The third-order valence-electron chi connectivity index (χ3n) is 4.05. The highest BCUT2D eigenvalue weighted by Gasteiger charge is 2.34. The summed E-state index contributed by atoms with van der Waals surface area (Å²) in [7, 11) is 0. The predicted octanol–water partition coefficient (Wildman–Crippen LogP) is 3.42. The van der Waals surface area contributed by atoms with Gasteiger partial charge in [0.25, 0.3) is 0 Å². The second-order valence-corrected chi connectivity index (χ2v) is 5.15. The third kappa shape index (κ3) is 2.82. The van der Waals surface area contributed by atoms with Crippen LogP contribution in [0.2, 0.25) is 0 Å². The fourth-order valence-electron chi connectivity index (χ4n) is 3.19. The predicted molar refractivity (Wildman–Crippen MR) is 62.9 cm³/mol. The van der Waals surface area contributed by atoms with Crippen molar-refractivity contribution in [3.05, 3.63) is 0 Å². The molecule has 0 aromatic rings. The van der Waals surface area contributed by atoms with Gasteiger partial charge in [0.2, 0.25) is 5.22 Å². The number of nitrogens with zero attached hydrogens (tertiary/aromatic N) is 3. The van der Waals surface area contributed by atoms with E-state index < -0.39 is 0 Å². The average Bonchev–Trinajstić information content (AvgIpc) is 2.38. The quantitative estimate of drug-likeness (QED) is 0.445. The second-order valence-electron chi connectivity index (χ2n) is 5.15. The Morgan fingerprint density at radius 3 is 1.62 bits per heavy atom. The largest absolute Gasteiger partial charge is 0.218 e. The third-order valence-corrected chi connectivity index (χ3v) is 4.05. The van der Waals surface area contributed by atoms with Crippen LogP contribution in [-0.2, 0) is 0 Å². The van der Waals surface area contributed by atoms with Crippen LogP contribution in [-0.4, -0.2) is 17.1 Å². The number of rotatable bonds is 3. The Hall–Kier alpha value is -0.890. The molecule has 16 heavy (non-hydrogen) atoms. The fourth-order valence-corrected chi connectivity index (χ4v) is 3.19. The molecule has 0 aliphatic heterocycles. The molecule has 2 fully saturated rings. The summed E-state index contributed by atoms with van der Waals surface area (Å²) in [6.45, 7) is 0. The van der Waals surface area contributed by atoms with Crippen molar-refractivity contribution in [2.45, 2.75) is 76.3 Å². The van der Waals surface area contributed by atoms with Gasteiger partial charge in [-0.2, -0.15) is 0 Å². The van der Waals surface area contributed by atoms with E-state index in [1.165, 1.54) is 64.2 Å². The van der Waals surface area contributed by atoms with E-state index in [-0.39, 0.29) is 0 Å². The molecule has 0 saturated heterocycles. The molecule has 2 saturated carbocycles. The number of hydrogen-bond donors (Lipinski definition) is 1. The summed E-state index contributed by atoms with van der Waals surface area (Å²) in [4.78, 5) is 3.29. The zero-order valence-electron chi connectivity index (χ0n) is 10.1. The summed E-state index contributed by atoms with van der Waals surface area (Å²) in [6, 6.07) is 1.12. The van der Waals surface area contributed by atoms with Crippen LogP contribution in [0.1, 0.15) is 64.2 Å². The Morgan fingerprint density at radius 1 is 0.812 bits per heavy atom. The Labute approximate surface area is 97.6 Å². The van der Waals surface area contributed by atoms with Crippen LogP contribution in [0.5, 0.6) is 0 Å². The van der Waals surface area contributed by atoms with E-state index in [0.29, 0.717) is 12.1 Å². The maximum Gasteiger partial charge on any atom is 0.218 e. The lowest BCUT2D eigenvalue weighted by atomic mass is 9.90. The summed E-state index contributed by atoms with van der Waals surface area (Å²) >= 11 is 0. The standard InChI is InChI=1S/C12H23N4/c13-14-15-16(11-7-3-1-4-8-11)12-9-5-2-6-10-12/h11-13H,1-10H2/q+1. The van der Waals surface area contributed by atoms with E-state index in [2.05, 4.69) is 15.1 Å². The minimum Gasteiger partial charge on any atom is -0.147 e. The van der Waals surface area contributed by atoms with Crippen molar-refractivity contribution in [3.8, 4) is 0 Å². The molecule has 4 heteroatoms. The smallest absolute Gasteiger partial charge is 0.147 e. The molecule has 4 nitrogen and oxygen atoms in total. The van der Waals surface area contributed by atoms with Crippen LogP contribution in [0.25, 0.3) is 0 Å². The summed E-state index contributed by atoms with van der Waals surface area (Å²) in [6.07, 6.45) is 13.0. The van der Waals surface area contributed by atoms with Crippen molar-refractivity contribution in [3.63, 3.8) is 0 Å². The Morgan fingerprint density at radius 2 is 1.25 bits per heavy atom. The van der Waals surface area contributed by atoms with Gasteiger partial charge in [0.1, 0.15) is 12.1 Å². The highest BCUT2D eigenvalue weighted by atomic mass is 15.6. The zero-order chi connectivity index (χ0) is 11.2. The van der Waals surface area contributed by atoms with Crippen molar-refractivity contribution < 1.29 is 0 Å². The molecular weight excluding hydrogens is 200 g/mol. The number of hydrogen-bond acceptors (Lipinski definition) is 2. The SMILES string of the molecule is N=[N+]=NN(C1CCCCC1)C1CCCCC1. The molecule has 0 aromatic carbocycles. The lowest BCUT2D eigenvalue weighted by Gasteiger charge is -2.31. The van der Waals surface area contributed by atoms with Crippen LogP contribution in [0.15, 0.2) is 5.22 Å². The van der Waals surface area contributed by atoms with Gasteiger partial charge >= 0.3 is 0 Å². The molecule has 90 valence electrons. The molecule has 0 atom stereocenters. The lowest BCUT2D eigenvalue weighted by molar-refractivity contribution is 0.0723. The monoisotopic (exact) mass is 223 g/mol. The second kappa shape index (κ2) is 6.00. The minimum absolute atomic E-state index is 0.561. The Kier molecular flexibility index (Phi) is 4.34. The zero-order valence-corrected chi connectivity index (χ0v) is 10.1. The minimum atomic E-state index is 0.561. The summed E-state index contributed by atoms with van der Waals surface area (Å²) in [5.74, 6) is 0. The van der Waals surface area contributed by atoms with E-state index in [4.69, 9.17) is 5.53 Å². The maximum atomic E-state index is 6.99. The van der Waals surface area contributed by atoms with E-state index in [9.17, 15) is 0 Å². The van der Waals surface area contributed by atoms with Crippen molar-refractivity contribution in [2.24, 2.45) is 5.22 Å². The van der Waals surface area contributed by atoms with Gasteiger partial charge in [0.05, 0.1) is 4.91 Å². The molecule has 0 amide bonds. The topological polar surface area (TPSA) is 53.6 Å². The first kappa shape index (κ1) is 11.6. The molecule has 0 heterocycles. The van der Waals surface area contributed by atoms with Gasteiger partial charge in [0, 0.05) is 0 Å². The molecule has 2 rings (SSSR count). The van der Waals surface area contributed by atoms with Crippen molar-refractivity contribution >= 4 is 0 Å². The average molecular weight is 223 g/mol. The first-order valence-corrected chi connectivity index (χ1v) is 6.77. The van der Waals surface area contributed by atoms with Crippen LogP contribution in [0.3, 0.4) is 0 Å². The van der Waals surface area contributed by atoms with E-state index in [1.807, 2.05) is 0 Å². The van der Waals surface area contributed by atoms with Crippen molar-refractivity contribution in [1.29, 1.82) is 5.53 Å². The Bertz CT molecular complexity index is 230. The van der Waals surface area contributed by atoms with E-state index in [1.54, 1.807) is 0 Å². The molecule has 0 bridgehead atoms. The van der Waals surface area contributed by atoms with E-state index in [0.717, 1.165) is 0 Å². The summed E-state index contributed by atoms with van der Waals surface area (Å²) in [5, 5.41) is 6.27. The van der Waals surface area contributed by atoms with Crippen LogP contribution in [0.4, 0.5) is 0 Å². The first-order valence-electron chi connectivity index (χ1n) is 6.77. The van der Waals surface area contributed by atoms with Crippen LogP contribution < -0.4 is 4.91 Å². The summed E-state index contributed by atoms with van der Waals surface area (Å²) < 4.78 is 0. The van der Waals surface area contributed by atoms with Gasteiger partial charge in [0.15, 0.2) is 0 Å². The molecule has 0 spiro atoms. The summed E-state index contributed by atoms with van der Waals surface area (Å²) in [5.41, 5.74) is 6.99. The lowest BCUT2D eigenvalue weighted by Crippen LogP contribution is -2.41. The van der Waals surface area contributed by atoms with Gasteiger partial charge in [-0.3, -0.25) is 0 Å². The molecule has 2 aliphatic carbocycles. The maximum absolute atomic E-state index is 6.99. The highest BCUT2D eigenvalue weighted by molar-refractivity contribution is 4.80. The van der Waals surface area contributed by atoms with Gasteiger partial charge in [-0.1, -0.05) is 12.8 Å². The van der Waals surface area contributed by atoms with Crippen LogP contribution in [0, 0.1) is 5.53 Å².